The highest BCUT2D eigenvalue weighted by molar-refractivity contribution is 5.94. The van der Waals surface area contributed by atoms with E-state index in [0.717, 1.165) is 25.0 Å². The normalized spacial score (nSPS) is 17.7. The van der Waals surface area contributed by atoms with Crippen LogP contribution in [0.2, 0.25) is 0 Å². The van der Waals surface area contributed by atoms with Crippen molar-refractivity contribution in [1.29, 1.82) is 0 Å². The van der Waals surface area contributed by atoms with E-state index in [-0.39, 0.29) is 18.1 Å². The van der Waals surface area contributed by atoms with Crippen molar-refractivity contribution in [3.63, 3.8) is 0 Å². The van der Waals surface area contributed by atoms with Gasteiger partial charge in [-0.2, -0.15) is 5.10 Å². The molecule has 6 heteroatoms. The number of aromatic nitrogens is 3. The lowest BCUT2D eigenvalue weighted by molar-refractivity contribution is -0.00830. The molecule has 0 N–H and O–H groups in total. The van der Waals surface area contributed by atoms with Gasteiger partial charge in [0.05, 0.1) is 6.10 Å². The molecule has 0 unspecified atom stereocenters. The minimum absolute atomic E-state index is 0.0460. The number of rotatable bonds is 5. The van der Waals surface area contributed by atoms with Gasteiger partial charge in [-0.05, 0) is 45.2 Å². The van der Waals surface area contributed by atoms with Crippen LogP contribution in [0, 0.1) is 0 Å². The van der Waals surface area contributed by atoms with Crippen LogP contribution in [0.15, 0.2) is 30.6 Å². The highest BCUT2D eigenvalue weighted by atomic mass is 16.5. The van der Waals surface area contributed by atoms with Gasteiger partial charge in [0.25, 0.3) is 5.91 Å². The second kappa shape index (κ2) is 7.78. The third-order valence-corrected chi connectivity index (χ3v) is 4.55. The average Bonchev–Trinajstić information content (AvgIpc) is 3.06. The summed E-state index contributed by atoms with van der Waals surface area (Å²) in [4.78, 5) is 19.1. The molecule has 1 aliphatic heterocycles. The molecule has 0 spiro atoms. The number of hydrogen-bond donors (Lipinski definition) is 0. The molecule has 0 radical (unpaired) electrons. The molecule has 6 nitrogen and oxygen atoms in total. The number of carbonyl (C=O) groups excluding carboxylic acids is 1. The fourth-order valence-corrected chi connectivity index (χ4v) is 3.10. The Kier molecular flexibility index (Phi) is 5.48. The summed E-state index contributed by atoms with van der Waals surface area (Å²) >= 11 is 0. The Balaban J connectivity index is 1.72. The van der Waals surface area contributed by atoms with Crippen LogP contribution in [0.1, 0.15) is 43.5 Å². The molecular formula is C19H26N4O2. The van der Waals surface area contributed by atoms with Gasteiger partial charge in [-0.25, -0.2) is 4.98 Å². The third kappa shape index (κ3) is 4.25. The Labute approximate surface area is 148 Å². The minimum Gasteiger partial charge on any atom is -0.376 e. The molecule has 1 aliphatic rings. The zero-order valence-corrected chi connectivity index (χ0v) is 15.2. The molecule has 25 heavy (non-hydrogen) atoms. The van der Waals surface area contributed by atoms with Crippen molar-refractivity contribution < 1.29 is 9.53 Å². The fourth-order valence-electron chi connectivity index (χ4n) is 3.10. The highest BCUT2D eigenvalue weighted by Gasteiger charge is 2.24. The van der Waals surface area contributed by atoms with Crippen molar-refractivity contribution in [2.45, 2.75) is 45.3 Å². The van der Waals surface area contributed by atoms with E-state index in [1.165, 1.54) is 6.42 Å². The van der Waals surface area contributed by atoms with Crippen LogP contribution < -0.4 is 0 Å². The maximum Gasteiger partial charge on any atom is 0.254 e. The SMILES string of the molecule is CC(C)N(C[C@H]1CCCCO1)C(=O)c1ccc(-c2ncn(C)n2)cc1. The van der Waals surface area contributed by atoms with Crippen LogP contribution in [0.4, 0.5) is 0 Å². The summed E-state index contributed by atoms with van der Waals surface area (Å²) in [6.45, 7) is 5.55. The standard InChI is InChI=1S/C19H26N4O2/c1-14(2)23(12-17-6-4-5-11-25-17)19(24)16-9-7-15(8-10-16)18-20-13-22(3)21-18/h7-10,13-14,17H,4-6,11-12H2,1-3H3/t17-/m1/s1. The van der Waals surface area contributed by atoms with Crippen molar-refractivity contribution in [3.05, 3.63) is 36.2 Å². The van der Waals surface area contributed by atoms with E-state index in [4.69, 9.17) is 4.74 Å². The van der Waals surface area contributed by atoms with E-state index in [1.807, 2.05) is 50.1 Å². The van der Waals surface area contributed by atoms with E-state index in [2.05, 4.69) is 10.1 Å². The van der Waals surface area contributed by atoms with Crippen LogP contribution in [0.25, 0.3) is 11.4 Å². The van der Waals surface area contributed by atoms with Gasteiger partial charge in [-0.3, -0.25) is 9.48 Å². The largest absolute Gasteiger partial charge is 0.376 e. The van der Waals surface area contributed by atoms with Crippen molar-refractivity contribution >= 4 is 5.91 Å². The predicted octanol–water partition coefficient (Wildman–Crippen LogP) is 2.90. The predicted molar refractivity (Wildman–Crippen MR) is 96.2 cm³/mol. The maximum atomic E-state index is 12.9. The zero-order chi connectivity index (χ0) is 17.8. The minimum atomic E-state index is 0.0460. The van der Waals surface area contributed by atoms with Gasteiger partial charge in [0.2, 0.25) is 0 Å². The van der Waals surface area contributed by atoms with E-state index in [0.29, 0.717) is 17.9 Å². The lowest BCUT2D eigenvalue weighted by atomic mass is 10.1. The number of benzene rings is 1. The summed E-state index contributed by atoms with van der Waals surface area (Å²) in [6, 6.07) is 7.64. The van der Waals surface area contributed by atoms with E-state index < -0.39 is 0 Å². The molecule has 134 valence electrons. The Hall–Kier alpha value is -2.21. The number of amides is 1. The van der Waals surface area contributed by atoms with Crippen LogP contribution in [-0.2, 0) is 11.8 Å². The summed E-state index contributed by atoms with van der Waals surface area (Å²) in [5.74, 6) is 0.711. The highest BCUT2D eigenvalue weighted by Crippen LogP contribution is 2.19. The Bertz CT molecular complexity index is 702. The van der Waals surface area contributed by atoms with E-state index >= 15 is 0 Å². The number of hydrogen-bond acceptors (Lipinski definition) is 4. The molecule has 1 aromatic carbocycles. The fraction of sp³-hybridized carbons (Fsp3) is 0.526. The van der Waals surface area contributed by atoms with Crippen molar-refractivity contribution in [2.75, 3.05) is 13.2 Å². The topological polar surface area (TPSA) is 60.2 Å². The summed E-state index contributed by atoms with van der Waals surface area (Å²) in [5, 5.41) is 4.29. The van der Waals surface area contributed by atoms with Gasteiger partial charge >= 0.3 is 0 Å². The molecule has 0 aliphatic carbocycles. The Morgan fingerprint density at radius 1 is 1.32 bits per heavy atom. The van der Waals surface area contributed by atoms with Crippen molar-refractivity contribution in [1.82, 2.24) is 19.7 Å². The van der Waals surface area contributed by atoms with Gasteiger partial charge in [0, 0.05) is 37.4 Å². The molecule has 3 rings (SSSR count). The lowest BCUT2D eigenvalue weighted by Crippen LogP contribution is -2.43. The Morgan fingerprint density at radius 2 is 2.08 bits per heavy atom. The number of nitrogens with zero attached hydrogens (tertiary/aromatic N) is 4. The first-order valence-electron chi connectivity index (χ1n) is 8.93. The Morgan fingerprint density at radius 3 is 2.64 bits per heavy atom. The first-order valence-corrected chi connectivity index (χ1v) is 8.93. The second-order valence-corrected chi connectivity index (χ2v) is 6.86. The molecule has 1 saturated heterocycles. The molecule has 0 saturated carbocycles. The molecule has 1 aromatic heterocycles. The first-order chi connectivity index (χ1) is 12.0. The van der Waals surface area contributed by atoms with Gasteiger partial charge in [0.15, 0.2) is 5.82 Å². The molecular weight excluding hydrogens is 316 g/mol. The van der Waals surface area contributed by atoms with Gasteiger partial charge in [-0.15, -0.1) is 0 Å². The van der Waals surface area contributed by atoms with Crippen LogP contribution in [0.5, 0.6) is 0 Å². The molecule has 2 heterocycles. The van der Waals surface area contributed by atoms with Crippen LogP contribution >= 0.6 is 0 Å². The molecule has 1 amide bonds. The summed E-state index contributed by atoms with van der Waals surface area (Å²) in [7, 11) is 1.84. The molecule has 2 aromatic rings. The van der Waals surface area contributed by atoms with Crippen molar-refractivity contribution in [2.24, 2.45) is 7.05 Å². The van der Waals surface area contributed by atoms with Crippen LogP contribution in [-0.4, -0.2) is 50.9 Å². The van der Waals surface area contributed by atoms with Crippen LogP contribution in [0.3, 0.4) is 0 Å². The maximum absolute atomic E-state index is 12.9. The first kappa shape index (κ1) is 17.6. The van der Waals surface area contributed by atoms with Gasteiger partial charge in [-0.1, -0.05) is 12.1 Å². The lowest BCUT2D eigenvalue weighted by Gasteiger charge is -2.32. The van der Waals surface area contributed by atoms with Gasteiger partial charge < -0.3 is 9.64 Å². The monoisotopic (exact) mass is 342 g/mol. The zero-order valence-electron chi connectivity index (χ0n) is 15.2. The molecule has 0 bridgehead atoms. The van der Waals surface area contributed by atoms with E-state index in [9.17, 15) is 4.79 Å². The number of ether oxygens (including phenoxy) is 1. The number of aryl methyl sites for hydroxylation is 1. The second-order valence-electron chi connectivity index (χ2n) is 6.86. The average molecular weight is 342 g/mol. The third-order valence-electron chi connectivity index (χ3n) is 4.55. The number of carbonyl (C=O) groups is 1. The summed E-state index contributed by atoms with van der Waals surface area (Å²) in [5.41, 5.74) is 1.59. The van der Waals surface area contributed by atoms with Gasteiger partial charge in [0.1, 0.15) is 6.33 Å². The summed E-state index contributed by atoms with van der Waals surface area (Å²) < 4.78 is 7.48. The molecule has 1 fully saturated rings. The summed E-state index contributed by atoms with van der Waals surface area (Å²) in [6.07, 6.45) is 5.14. The van der Waals surface area contributed by atoms with E-state index in [1.54, 1.807) is 11.0 Å². The smallest absolute Gasteiger partial charge is 0.254 e. The quantitative estimate of drug-likeness (QED) is 0.838. The molecule has 1 atom stereocenters. The van der Waals surface area contributed by atoms with Crippen molar-refractivity contribution in [3.8, 4) is 11.4 Å².